The van der Waals surface area contributed by atoms with Crippen LogP contribution in [0.1, 0.15) is 30.6 Å². The molecule has 0 aromatic carbocycles. The van der Waals surface area contributed by atoms with Gasteiger partial charge in [0.2, 0.25) is 0 Å². The van der Waals surface area contributed by atoms with Crippen LogP contribution in [0.15, 0.2) is 24.7 Å². The molecular weight excluding hydrogens is 316 g/mol. The van der Waals surface area contributed by atoms with Crippen molar-refractivity contribution >= 4 is 16.9 Å². The summed E-state index contributed by atoms with van der Waals surface area (Å²) in [6, 6.07) is 2.69. The number of anilines is 1. The molecule has 8 heteroatoms. The second-order valence-corrected chi connectivity index (χ2v) is 7.31. The maximum Gasteiger partial charge on any atom is 0.143 e. The van der Waals surface area contributed by atoms with E-state index in [2.05, 4.69) is 45.3 Å². The molecule has 130 valence electrons. The summed E-state index contributed by atoms with van der Waals surface area (Å²) in [5.74, 6) is 2.56. The van der Waals surface area contributed by atoms with Crippen LogP contribution in [-0.2, 0) is 0 Å². The average Bonchev–Trinajstić information content (AvgIpc) is 3.05. The first-order valence-electron chi connectivity index (χ1n) is 8.83. The minimum Gasteiger partial charge on any atom is -0.352 e. The molecule has 0 bridgehead atoms. The van der Waals surface area contributed by atoms with E-state index < -0.39 is 0 Å². The van der Waals surface area contributed by atoms with Gasteiger partial charge >= 0.3 is 0 Å². The Bertz CT molecular complexity index is 879. The number of aromatic amines is 1. The third kappa shape index (κ3) is 2.48. The Labute approximate surface area is 145 Å². The van der Waals surface area contributed by atoms with Gasteiger partial charge in [0.1, 0.15) is 17.3 Å². The smallest absolute Gasteiger partial charge is 0.143 e. The number of hydrogen-bond donors (Lipinski definition) is 1. The van der Waals surface area contributed by atoms with Crippen molar-refractivity contribution in [1.29, 1.82) is 0 Å². The van der Waals surface area contributed by atoms with E-state index in [-0.39, 0.29) is 6.04 Å². The van der Waals surface area contributed by atoms with Gasteiger partial charge in [-0.3, -0.25) is 0 Å². The maximum atomic E-state index is 4.96. The fourth-order valence-corrected chi connectivity index (χ4v) is 3.81. The predicted molar refractivity (Wildman–Crippen MR) is 94.6 cm³/mol. The van der Waals surface area contributed by atoms with Gasteiger partial charge in [0.25, 0.3) is 0 Å². The molecule has 4 heterocycles. The lowest BCUT2D eigenvalue weighted by atomic mass is 10.1. The largest absolute Gasteiger partial charge is 0.352 e. The molecule has 25 heavy (non-hydrogen) atoms. The first-order chi connectivity index (χ1) is 12.2. The summed E-state index contributed by atoms with van der Waals surface area (Å²) in [6.45, 7) is 1.78. The summed E-state index contributed by atoms with van der Waals surface area (Å²) in [6.07, 6.45) is 8.05. The predicted octanol–water partition coefficient (Wildman–Crippen LogP) is 1.42. The van der Waals surface area contributed by atoms with Crippen LogP contribution in [-0.4, -0.2) is 68.1 Å². The zero-order valence-electron chi connectivity index (χ0n) is 14.5. The highest BCUT2D eigenvalue weighted by atomic mass is 15.5. The summed E-state index contributed by atoms with van der Waals surface area (Å²) in [4.78, 5) is 17.6. The number of H-pyrrole nitrogens is 1. The fraction of sp³-hybridized carbons (Fsp3) is 0.529. The third-order valence-electron chi connectivity index (χ3n) is 5.36. The van der Waals surface area contributed by atoms with E-state index in [0.717, 1.165) is 35.8 Å². The number of fused-ring (bicyclic) bond motifs is 1. The number of hydrogen-bond acceptors (Lipinski definition) is 6. The highest BCUT2D eigenvalue weighted by Gasteiger charge is 2.38. The lowest BCUT2D eigenvalue weighted by molar-refractivity contribution is 0.243. The van der Waals surface area contributed by atoms with Gasteiger partial charge in [-0.25, -0.2) is 14.6 Å². The maximum absolute atomic E-state index is 4.96. The summed E-state index contributed by atoms with van der Waals surface area (Å²) >= 11 is 0. The van der Waals surface area contributed by atoms with Gasteiger partial charge in [-0.05, 0) is 33.0 Å². The van der Waals surface area contributed by atoms with Crippen LogP contribution in [0.25, 0.3) is 11.0 Å². The molecule has 2 fully saturated rings. The van der Waals surface area contributed by atoms with Crippen molar-refractivity contribution in [1.82, 2.24) is 34.8 Å². The number of nitrogens with one attached hydrogen (secondary N) is 1. The summed E-state index contributed by atoms with van der Waals surface area (Å²) in [7, 11) is 4.25. The van der Waals surface area contributed by atoms with Gasteiger partial charge in [0.15, 0.2) is 0 Å². The van der Waals surface area contributed by atoms with Crippen LogP contribution >= 0.6 is 0 Å². The first kappa shape index (κ1) is 14.8. The molecular formula is C17H22N8. The summed E-state index contributed by atoms with van der Waals surface area (Å²) in [5, 5.41) is 9.33. The van der Waals surface area contributed by atoms with Gasteiger partial charge in [0.05, 0.1) is 23.7 Å². The van der Waals surface area contributed by atoms with Gasteiger partial charge in [-0.1, -0.05) is 5.21 Å². The molecule has 0 radical (unpaired) electrons. The quantitative estimate of drug-likeness (QED) is 0.775. The molecule has 1 aliphatic carbocycles. The lowest BCUT2D eigenvalue weighted by Gasteiger charge is -2.24. The van der Waals surface area contributed by atoms with Crippen LogP contribution in [0.2, 0.25) is 0 Å². The van der Waals surface area contributed by atoms with Gasteiger partial charge in [-0.2, -0.15) is 0 Å². The molecule has 5 rings (SSSR count). The third-order valence-corrected chi connectivity index (χ3v) is 5.36. The molecule has 2 atom stereocenters. The van der Waals surface area contributed by atoms with Crippen molar-refractivity contribution in [3.63, 3.8) is 0 Å². The fourth-order valence-electron chi connectivity index (χ4n) is 3.81. The Hall–Kier alpha value is -2.48. The van der Waals surface area contributed by atoms with Crippen LogP contribution < -0.4 is 4.90 Å². The summed E-state index contributed by atoms with van der Waals surface area (Å²) < 4.78 is 1.97. The van der Waals surface area contributed by atoms with E-state index >= 15 is 0 Å². The van der Waals surface area contributed by atoms with E-state index in [1.54, 1.807) is 6.20 Å². The van der Waals surface area contributed by atoms with E-state index in [9.17, 15) is 0 Å². The Morgan fingerprint density at radius 1 is 1.20 bits per heavy atom. The minimum atomic E-state index is 0.255. The number of rotatable bonds is 4. The van der Waals surface area contributed by atoms with E-state index in [1.165, 1.54) is 12.8 Å². The highest BCUT2D eigenvalue weighted by Crippen LogP contribution is 2.40. The molecule has 1 aliphatic heterocycles. The second kappa shape index (κ2) is 5.52. The van der Waals surface area contributed by atoms with Crippen molar-refractivity contribution in [2.75, 3.05) is 32.1 Å². The SMILES string of the molecule is CN(C)[C@@H]1CN(c2nc(C3CC3)nc3[nH]ccc23)C[C@@H]1n1ccnn1. The van der Waals surface area contributed by atoms with Crippen LogP contribution in [0.3, 0.4) is 0 Å². The topological polar surface area (TPSA) is 78.8 Å². The Kier molecular flexibility index (Phi) is 3.27. The zero-order chi connectivity index (χ0) is 17.0. The van der Waals surface area contributed by atoms with Gasteiger partial charge < -0.3 is 14.8 Å². The molecule has 8 nitrogen and oxygen atoms in total. The van der Waals surface area contributed by atoms with E-state index in [4.69, 9.17) is 9.97 Å². The molecule has 1 saturated heterocycles. The van der Waals surface area contributed by atoms with Crippen LogP contribution in [0.5, 0.6) is 0 Å². The lowest BCUT2D eigenvalue weighted by Crippen LogP contribution is -2.36. The molecule has 0 unspecified atom stereocenters. The standard InChI is InChI=1S/C17H22N8/c1-23(2)13-9-24(10-14(13)25-8-7-19-22-25)17-12-5-6-18-16(12)20-15(21-17)11-3-4-11/h5-8,11,13-14H,3-4,9-10H2,1-2H3,(H,18,20,21)/t13-,14+/m1/s1. The first-order valence-corrected chi connectivity index (χ1v) is 8.83. The Morgan fingerprint density at radius 2 is 2.08 bits per heavy atom. The zero-order valence-corrected chi connectivity index (χ0v) is 14.5. The molecule has 3 aromatic rings. The van der Waals surface area contributed by atoms with Crippen LogP contribution in [0.4, 0.5) is 5.82 Å². The number of likely N-dealkylation sites (N-methyl/N-ethyl adjacent to an activating group) is 1. The Morgan fingerprint density at radius 3 is 2.80 bits per heavy atom. The highest BCUT2D eigenvalue weighted by molar-refractivity contribution is 5.87. The molecule has 2 aliphatic rings. The minimum absolute atomic E-state index is 0.255. The number of aromatic nitrogens is 6. The molecule has 0 spiro atoms. The Balaban J connectivity index is 1.55. The van der Waals surface area contributed by atoms with Crippen molar-refractivity contribution < 1.29 is 0 Å². The monoisotopic (exact) mass is 338 g/mol. The van der Waals surface area contributed by atoms with Gasteiger partial charge in [0, 0.05) is 31.4 Å². The van der Waals surface area contributed by atoms with Crippen molar-refractivity contribution in [2.45, 2.75) is 30.8 Å². The average molecular weight is 338 g/mol. The van der Waals surface area contributed by atoms with Crippen LogP contribution in [0, 0.1) is 0 Å². The van der Waals surface area contributed by atoms with E-state index in [1.807, 2.05) is 17.1 Å². The van der Waals surface area contributed by atoms with E-state index in [0.29, 0.717) is 12.0 Å². The molecule has 1 N–H and O–H groups in total. The molecule has 1 saturated carbocycles. The normalized spacial score (nSPS) is 23.9. The molecule has 0 amide bonds. The summed E-state index contributed by atoms with van der Waals surface area (Å²) in [5.41, 5.74) is 0.942. The second-order valence-electron chi connectivity index (χ2n) is 7.31. The van der Waals surface area contributed by atoms with Crippen molar-refractivity contribution in [2.24, 2.45) is 0 Å². The molecule has 3 aromatic heterocycles. The van der Waals surface area contributed by atoms with Gasteiger partial charge in [-0.15, -0.1) is 5.10 Å². The van der Waals surface area contributed by atoms with Crippen molar-refractivity contribution in [3.05, 3.63) is 30.5 Å². The number of nitrogens with zero attached hydrogens (tertiary/aromatic N) is 7. The van der Waals surface area contributed by atoms with Crippen molar-refractivity contribution in [3.8, 4) is 0 Å².